The van der Waals surface area contributed by atoms with Gasteiger partial charge in [0.15, 0.2) is 0 Å². The molecule has 6 heteroatoms. The van der Waals surface area contributed by atoms with E-state index < -0.39 is 0 Å². The molecule has 1 aromatic rings. The van der Waals surface area contributed by atoms with Crippen LogP contribution in [-0.4, -0.2) is 28.7 Å². The molecule has 3 amide bonds. The van der Waals surface area contributed by atoms with Gasteiger partial charge in [0.2, 0.25) is 17.7 Å². The summed E-state index contributed by atoms with van der Waals surface area (Å²) in [6.45, 7) is 0. The van der Waals surface area contributed by atoms with Crippen LogP contribution in [0.2, 0.25) is 0 Å². The molecule has 5 nitrogen and oxygen atoms in total. The van der Waals surface area contributed by atoms with Gasteiger partial charge in [-0.1, -0.05) is 12.8 Å². The van der Waals surface area contributed by atoms with Crippen LogP contribution in [0.15, 0.2) is 24.3 Å². The second-order valence-electron chi connectivity index (χ2n) is 8.05. The molecule has 1 aliphatic heterocycles. The maximum absolute atomic E-state index is 13.0. The Morgan fingerprint density at radius 2 is 1.44 bits per heavy atom. The van der Waals surface area contributed by atoms with E-state index in [1.807, 2.05) is 0 Å². The summed E-state index contributed by atoms with van der Waals surface area (Å²) in [6.07, 6.45) is 6.40. The average molecular weight is 372 g/mol. The van der Waals surface area contributed by atoms with Crippen LogP contribution in [0, 0.1) is 23.6 Å². The largest absolute Gasteiger partial charge is 0.326 e. The van der Waals surface area contributed by atoms with Crippen molar-refractivity contribution < 1.29 is 18.8 Å². The van der Waals surface area contributed by atoms with Crippen molar-refractivity contribution in [2.24, 2.45) is 17.8 Å². The van der Waals surface area contributed by atoms with E-state index in [0.29, 0.717) is 31.4 Å². The number of nitrogens with zero attached hydrogens (tertiary/aromatic N) is 1. The second kappa shape index (κ2) is 7.41. The fraction of sp³-hybridized carbons (Fsp3) is 0.571. The van der Waals surface area contributed by atoms with Crippen molar-refractivity contribution in [1.82, 2.24) is 4.90 Å². The average Bonchev–Trinajstić information content (AvgIpc) is 2.95. The van der Waals surface area contributed by atoms with E-state index >= 15 is 0 Å². The Bertz CT molecular complexity index is 716. The maximum Gasteiger partial charge on any atom is 0.233 e. The van der Waals surface area contributed by atoms with E-state index in [-0.39, 0.29) is 47.3 Å². The van der Waals surface area contributed by atoms with Gasteiger partial charge in [0.25, 0.3) is 0 Å². The van der Waals surface area contributed by atoms with Gasteiger partial charge in [-0.05, 0) is 62.8 Å². The monoisotopic (exact) mass is 372 g/mol. The van der Waals surface area contributed by atoms with Crippen LogP contribution >= 0.6 is 0 Å². The van der Waals surface area contributed by atoms with Crippen molar-refractivity contribution in [1.29, 1.82) is 0 Å². The molecular weight excluding hydrogens is 347 g/mol. The lowest BCUT2D eigenvalue weighted by Gasteiger charge is -2.33. The van der Waals surface area contributed by atoms with Crippen LogP contribution in [0.3, 0.4) is 0 Å². The summed E-state index contributed by atoms with van der Waals surface area (Å²) >= 11 is 0. The first-order chi connectivity index (χ1) is 13.0. The molecule has 4 rings (SSSR count). The molecule has 0 radical (unpaired) electrons. The highest BCUT2D eigenvalue weighted by atomic mass is 19.1. The van der Waals surface area contributed by atoms with Gasteiger partial charge in [-0.3, -0.25) is 19.3 Å². The van der Waals surface area contributed by atoms with Crippen LogP contribution in [0.4, 0.5) is 10.1 Å². The highest BCUT2D eigenvalue weighted by Crippen LogP contribution is 2.41. The molecule has 0 aromatic heterocycles. The maximum atomic E-state index is 13.0. The number of imide groups is 1. The van der Waals surface area contributed by atoms with Gasteiger partial charge in [-0.2, -0.15) is 0 Å². The summed E-state index contributed by atoms with van der Waals surface area (Å²) in [5.41, 5.74) is 0.581. The minimum atomic E-state index is -0.339. The summed E-state index contributed by atoms with van der Waals surface area (Å²) in [5.74, 6) is -0.729. The van der Waals surface area contributed by atoms with Gasteiger partial charge in [-0.25, -0.2) is 4.39 Å². The van der Waals surface area contributed by atoms with Gasteiger partial charge in [0.1, 0.15) is 5.82 Å². The quantitative estimate of drug-likeness (QED) is 0.826. The number of fused-ring (bicyclic) bond motifs is 1. The van der Waals surface area contributed by atoms with Crippen LogP contribution in [0.5, 0.6) is 0 Å². The Kier molecular flexibility index (Phi) is 4.98. The number of rotatable bonds is 3. The highest BCUT2D eigenvalue weighted by Gasteiger charge is 2.50. The molecule has 2 saturated carbocycles. The highest BCUT2D eigenvalue weighted by molar-refractivity contribution is 6.05. The Labute approximate surface area is 158 Å². The van der Waals surface area contributed by atoms with Crippen molar-refractivity contribution in [3.8, 4) is 0 Å². The van der Waals surface area contributed by atoms with Crippen LogP contribution in [-0.2, 0) is 14.4 Å². The van der Waals surface area contributed by atoms with Crippen molar-refractivity contribution in [3.63, 3.8) is 0 Å². The molecule has 2 atom stereocenters. The van der Waals surface area contributed by atoms with Gasteiger partial charge in [0, 0.05) is 17.6 Å². The lowest BCUT2D eigenvalue weighted by Crippen LogP contribution is -2.43. The number of hydrogen-bond donors (Lipinski definition) is 1. The Morgan fingerprint density at radius 3 is 2.00 bits per heavy atom. The fourth-order valence-electron chi connectivity index (χ4n) is 4.92. The number of nitrogens with one attached hydrogen (secondary N) is 1. The zero-order valence-corrected chi connectivity index (χ0v) is 15.3. The van der Waals surface area contributed by atoms with E-state index in [1.54, 1.807) is 12.1 Å². The molecule has 0 bridgehead atoms. The van der Waals surface area contributed by atoms with Crippen molar-refractivity contribution >= 4 is 23.4 Å². The number of halogens is 1. The van der Waals surface area contributed by atoms with E-state index in [0.717, 1.165) is 25.7 Å². The van der Waals surface area contributed by atoms with Crippen molar-refractivity contribution in [2.75, 3.05) is 5.32 Å². The number of benzene rings is 1. The summed E-state index contributed by atoms with van der Waals surface area (Å²) < 4.78 is 13.0. The van der Waals surface area contributed by atoms with E-state index in [1.165, 1.54) is 17.0 Å². The number of hydrogen-bond acceptors (Lipinski definition) is 3. The van der Waals surface area contributed by atoms with Gasteiger partial charge >= 0.3 is 0 Å². The topological polar surface area (TPSA) is 66.5 Å². The molecule has 144 valence electrons. The van der Waals surface area contributed by atoms with Crippen LogP contribution in [0.1, 0.15) is 51.4 Å². The van der Waals surface area contributed by atoms with Crippen LogP contribution in [0.25, 0.3) is 0 Å². The molecule has 1 heterocycles. The number of amides is 3. The summed E-state index contributed by atoms with van der Waals surface area (Å²) in [6, 6.07) is 5.66. The Hall–Kier alpha value is -2.24. The number of likely N-dealkylation sites (tertiary alicyclic amines) is 1. The molecule has 3 aliphatic rings. The van der Waals surface area contributed by atoms with Crippen LogP contribution < -0.4 is 5.32 Å². The lowest BCUT2D eigenvalue weighted by atomic mass is 9.81. The predicted octanol–water partition coefficient (Wildman–Crippen LogP) is 3.50. The van der Waals surface area contributed by atoms with Gasteiger partial charge in [-0.15, -0.1) is 0 Å². The number of carbonyl (C=O) groups excluding carboxylic acids is 3. The van der Waals surface area contributed by atoms with Gasteiger partial charge < -0.3 is 5.32 Å². The minimum absolute atomic E-state index is 0.0175. The molecular formula is C21H25FN2O3. The number of anilines is 1. The first-order valence-electron chi connectivity index (χ1n) is 9.98. The molecule has 0 unspecified atom stereocenters. The minimum Gasteiger partial charge on any atom is -0.326 e. The third-order valence-electron chi connectivity index (χ3n) is 6.42. The number of carbonyl (C=O) groups is 3. The van der Waals surface area contributed by atoms with Crippen molar-refractivity contribution in [2.45, 2.75) is 57.4 Å². The van der Waals surface area contributed by atoms with Gasteiger partial charge in [0.05, 0.1) is 11.8 Å². The molecule has 1 aromatic carbocycles. The lowest BCUT2D eigenvalue weighted by molar-refractivity contribution is -0.143. The molecule has 27 heavy (non-hydrogen) atoms. The van der Waals surface area contributed by atoms with Crippen molar-refractivity contribution in [3.05, 3.63) is 30.1 Å². The zero-order valence-electron chi connectivity index (χ0n) is 15.3. The SMILES string of the molecule is O=C(Nc1ccc(F)cc1)C1CCC(N2C(=O)[C@H]3CCCC[C@H]3C2=O)CC1. The molecule has 0 spiro atoms. The molecule has 3 fully saturated rings. The Balaban J connectivity index is 1.34. The third kappa shape index (κ3) is 3.49. The van der Waals surface area contributed by atoms with E-state index in [9.17, 15) is 18.8 Å². The predicted molar refractivity (Wildman–Crippen MR) is 98.1 cm³/mol. The summed E-state index contributed by atoms with van der Waals surface area (Å²) in [4.78, 5) is 39.5. The first-order valence-corrected chi connectivity index (χ1v) is 9.98. The Morgan fingerprint density at radius 1 is 0.889 bits per heavy atom. The smallest absolute Gasteiger partial charge is 0.233 e. The van der Waals surface area contributed by atoms with E-state index in [4.69, 9.17) is 0 Å². The normalized spacial score (nSPS) is 30.9. The second-order valence-corrected chi connectivity index (χ2v) is 8.05. The third-order valence-corrected chi connectivity index (χ3v) is 6.42. The van der Waals surface area contributed by atoms with E-state index in [2.05, 4.69) is 5.32 Å². The molecule has 2 aliphatic carbocycles. The molecule has 1 N–H and O–H groups in total. The zero-order chi connectivity index (χ0) is 19.0. The summed E-state index contributed by atoms with van der Waals surface area (Å²) in [5, 5.41) is 2.83. The summed E-state index contributed by atoms with van der Waals surface area (Å²) in [7, 11) is 0. The fourth-order valence-corrected chi connectivity index (χ4v) is 4.92. The molecule has 1 saturated heterocycles. The first kappa shape index (κ1) is 18.1. The standard InChI is InChI=1S/C21H25FN2O3/c22-14-7-9-15(10-8-14)23-19(25)13-5-11-16(12-6-13)24-20(26)17-3-1-2-4-18(17)21(24)27/h7-10,13,16-18H,1-6,11-12H2,(H,23,25)/t13?,16?,17-,18+.